The number of imidazole rings is 1. The molecular formula is C21H30N7O6P. The number of nitrogens with one attached hydrogen (secondary N) is 2. The topological polar surface area (TPSA) is 176 Å². The molecule has 0 amide bonds. The molecule has 0 saturated heterocycles. The van der Waals surface area contributed by atoms with Gasteiger partial charge in [0.15, 0.2) is 17.0 Å². The van der Waals surface area contributed by atoms with E-state index in [9.17, 15) is 14.5 Å². The zero-order valence-electron chi connectivity index (χ0n) is 19.9. The minimum absolute atomic E-state index is 0.0475. The maximum Gasteiger partial charge on any atom is 0.459 e. The molecule has 35 heavy (non-hydrogen) atoms. The number of ether oxygens (including phenoxy) is 1. The predicted octanol–water partition coefficient (Wildman–Crippen LogP) is 1.77. The molecule has 0 radical (unpaired) electrons. The number of nitrogens with two attached hydrogens (primary N) is 1. The second-order valence-corrected chi connectivity index (χ2v) is 9.46. The van der Waals surface area contributed by atoms with Crippen molar-refractivity contribution in [1.82, 2.24) is 24.6 Å². The van der Waals surface area contributed by atoms with Crippen LogP contribution in [0.3, 0.4) is 0 Å². The van der Waals surface area contributed by atoms with Gasteiger partial charge in [-0.15, -0.1) is 0 Å². The summed E-state index contributed by atoms with van der Waals surface area (Å²) in [5.74, 6) is 0.784. The van der Waals surface area contributed by atoms with E-state index in [-0.39, 0.29) is 18.3 Å². The standard InChI is InChI=1S/C21H30N7O6P/c1-13(10-29)27-35(31,34-15-8-6-5-7-9-15)33-11-16(32-4)18(30)14(2)28-12-24-17-19(23-3)25-21(22)26-20(17)28/h5-10,12-14,16,18,30H,11H2,1-4H3,(H,27,31)(H3,22,23,25,26)/t13-,14-,16?,18-,35?/m0/s1. The molecule has 14 heteroatoms. The van der Waals surface area contributed by atoms with E-state index in [2.05, 4.69) is 25.4 Å². The second kappa shape index (κ2) is 11.6. The lowest BCUT2D eigenvalue weighted by Gasteiger charge is -2.29. The number of benzene rings is 1. The van der Waals surface area contributed by atoms with Gasteiger partial charge in [0.05, 0.1) is 25.0 Å². The molecule has 5 N–H and O–H groups in total. The predicted molar refractivity (Wildman–Crippen MR) is 130 cm³/mol. The lowest BCUT2D eigenvalue weighted by molar-refractivity contribution is -0.109. The molecule has 0 fully saturated rings. The van der Waals surface area contributed by atoms with Crippen LogP contribution in [0.1, 0.15) is 19.9 Å². The lowest BCUT2D eigenvalue weighted by atomic mass is 10.1. The lowest BCUT2D eigenvalue weighted by Crippen LogP contribution is -2.39. The SMILES string of the molecule is CNc1nc(N)nc2c1ncn2[C@@H](C)[C@H](O)C(COP(=O)(N[C@@H](C)C=O)Oc1ccccc1)OC. The zero-order valence-corrected chi connectivity index (χ0v) is 20.8. The molecule has 2 unspecified atom stereocenters. The summed E-state index contributed by atoms with van der Waals surface area (Å²) in [7, 11) is -0.929. The largest absolute Gasteiger partial charge is 0.459 e. The number of hydrogen-bond donors (Lipinski definition) is 4. The number of hydrogen-bond acceptors (Lipinski definition) is 11. The van der Waals surface area contributed by atoms with Gasteiger partial charge in [0.1, 0.15) is 24.2 Å². The van der Waals surface area contributed by atoms with Crippen molar-refractivity contribution in [1.29, 1.82) is 0 Å². The maximum absolute atomic E-state index is 13.4. The number of aldehydes is 1. The number of aliphatic hydroxyl groups excluding tert-OH is 1. The van der Waals surface area contributed by atoms with Gasteiger partial charge in [-0.05, 0) is 26.0 Å². The summed E-state index contributed by atoms with van der Waals surface area (Å²) in [5, 5.41) is 16.5. The molecule has 2 aromatic heterocycles. The third-order valence-corrected chi connectivity index (χ3v) is 6.90. The molecule has 5 atom stereocenters. The molecule has 0 aliphatic heterocycles. The molecule has 0 aliphatic carbocycles. The Labute approximate surface area is 202 Å². The van der Waals surface area contributed by atoms with Crippen molar-refractivity contribution in [2.24, 2.45) is 0 Å². The average Bonchev–Trinajstić information content (AvgIpc) is 3.27. The van der Waals surface area contributed by atoms with Crippen molar-refractivity contribution in [3.8, 4) is 5.75 Å². The molecule has 190 valence electrons. The Kier molecular flexibility index (Phi) is 8.76. The van der Waals surface area contributed by atoms with Crippen molar-refractivity contribution < 1.29 is 28.3 Å². The summed E-state index contributed by atoms with van der Waals surface area (Å²) in [6, 6.07) is 6.99. The summed E-state index contributed by atoms with van der Waals surface area (Å²) < 4.78 is 31.6. The van der Waals surface area contributed by atoms with Crippen LogP contribution in [-0.4, -0.2) is 69.9 Å². The summed E-state index contributed by atoms with van der Waals surface area (Å²) in [5.41, 5.74) is 6.72. The first-order chi connectivity index (χ1) is 16.7. The first-order valence-electron chi connectivity index (χ1n) is 10.8. The number of aliphatic hydroxyl groups is 1. The summed E-state index contributed by atoms with van der Waals surface area (Å²) >= 11 is 0. The molecule has 0 aliphatic rings. The van der Waals surface area contributed by atoms with E-state index in [1.807, 2.05) is 0 Å². The van der Waals surface area contributed by atoms with Crippen LogP contribution in [0.15, 0.2) is 36.7 Å². The molecule has 3 rings (SSSR count). The van der Waals surface area contributed by atoms with Gasteiger partial charge in [-0.25, -0.2) is 14.6 Å². The fraction of sp³-hybridized carbons (Fsp3) is 0.429. The number of aromatic nitrogens is 4. The van der Waals surface area contributed by atoms with Crippen LogP contribution in [0.2, 0.25) is 0 Å². The van der Waals surface area contributed by atoms with E-state index >= 15 is 0 Å². The van der Waals surface area contributed by atoms with Crippen LogP contribution >= 0.6 is 7.75 Å². The number of methoxy groups -OCH3 is 1. The molecule has 0 saturated carbocycles. The zero-order chi connectivity index (χ0) is 25.6. The fourth-order valence-corrected chi connectivity index (χ4v) is 4.83. The second-order valence-electron chi connectivity index (χ2n) is 7.76. The van der Waals surface area contributed by atoms with Crippen LogP contribution in [0.25, 0.3) is 11.2 Å². The van der Waals surface area contributed by atoms with Gasteiger partial charge in [-0.3, -0.25) is 4.52 Å². The van der Waals surface area contributed by atoms with E-state index in [1.165, 1.54) is 20.4 Å². The van der Waals surface area contributed by atoms with E-state index in [0.29, 0.717) is 23.3 Å². The van der Waals surface area contributed by atoms with Gasteiger partial charge in [0.2, 0.25) is 5.95 Å². The van der Waals surface area contributed by atoms with E-state index < -0.39 is 32.0 Å². The highest BCUT2D eigenvalue weighted by molar-refractivity contribution is 7.52. The quantitative estimate of drug-likeness (QED) is 0.195. The Hall–Kier alpha value is -3.09. The number of nitrogens with zero attached hydrogens (tertiary/aromatic N) is 4. The minimum atomic E-state index is -4.00. The van der Waals surface area contributed by atoms with Crippen LogP contribution in [0.5, 0.6) is 5.75 Å². The van der Waals surface area contributed by atoms with E-state index in [0.717, 1.165) is 0 Å². The van der Waals surface area contributed by atoms with Gasteiger partial charge in [-0.2, -0.15) is 9.97 Å². The monoisotopic (exact) mass is 507 g/mol. The van der Waals surface area contributed by atoms with Crippen molar-refractivity contribution in [2.45, 2.75) is 38.1 Å². The van der Waals surface area contributed by atoms with Gasteiger partial charge in [-0.1, -0.05) is 18.2 Å². The van der Waals surface area contributed by atoms with E-state index in [1.54, 1.807) is 48.9 Å². The third-order valence-electron chi connectivity index (χ3n) is 5.24. The van der Waals surface area contributed by atoms with Crippen molar-refractivity contribution in [2.75, 3.05) is 31.8 Å². The van der Waals surface area contributed by atoms with Crippen molar-refractivity contribution >= 4 is 37.0 Å². The van der Waals surface area contributed by atoms with E-state index in [4.69, 9.17) is 19.5 Å². The number of carbonyl (C=O) groups excluding carboxylic acids is 1. The molecule has 0 spiro atoms. The van der Waals surface area contributed by atoms with Gasteiger partial charge in [0.25, 0.3) is 0 Å². The van der Waals surface area contributed by atoms with Crippen LogP contribution in [0, 0.1) is 0 Å². The van der Waals surface area contributed by atoms with Crippen LogP contribution in [0.4, 0.5) is 11.8 Å². The number of rotatable bonds is 13. The Bertz CT molecular complexity index is 1180. The number of nitrogen functional groups attached to an aromatic ring is 1. The first kappa shape index (κ1) is 26.5. The van der Waals surface area contributed by atoms with Crippen LogP contribution in [-0.2, 0) is 18.6 Å². The summed E-state index contributed by atoms with van der Waals surface area (Å²) in [6.45, 7) is 2.94. The Morgan fingerprint density at radius 1 is 1.26 bits per heavy atom. The molecule has 3 aromatic rings. The number of anilines is 2. The third kappa shape index (κ3) is 6.32. The smallest absolute Gasteiger partial charge is 0.413 e. The summed E-state index contributed by atoms with van der Waals surface area (Å²) in [6.07, 6.45) is 0.0241. The Morgan fingerprint density at radius 3 is 2.60 bits per heavy atom. The summed E-state index contributed by atoms with van der Waals surface area (Å²) in [4.78, 5) is 23.8. The first-order valence-corrected chi connectivity index (χ1v) is 12.4. The molecular weight excluding hydrogens is 477 g/mol. The van der Waals surface area contributed by atoms with Gasteiger partial charge < -0.3 is 34.8 Å². The number of para-hydroxylation sites is 1. The van der Waals surface area contributed by atoms with Gasteiger partial charge in [0, 0.05) is 14.2 Å². The number of carbonyl (C=O) groups is 1. The Morgan fingerprint density at radius 2 is 1.97 bits per heavy atom. The minimum Gasteiger partial charge on any atom is -0.413 e. The molecule has 1 aromatic carbocycles. The Balaban J connectivity index is 1.79. The van der Waals surface area contributed by atoms with Crippen molar-refractivity contribution in [3.63, 3.8) is 0 Å². The highest BCUT2D eigenvalue weighted by Gasteiger charge is 2.34. The molecule has 2 heterocycles. The normalized spacial score (nSPS) is 16.7. The average molecular weight is 507 g/mol. The maximum atomic E-state index is 13.4. The van der Waals surface area contributed by atoms with Crippen LogP contribution < -0.4 is 20.7 Å². The van der Waals surface area contributed by atoms with Gasteiger partial charge >= 0.3 is 7.75 Å². The highest BCUT2D eigenvalue weighted by atomic mass is 31.2. The fourth-order valence-electron chi connectivity index (χ4n) is 3.35. The molecule has 0 bridgehead atoms. The number of fused-ring (bicyclic) bond motifs is 1. The molecule has 13 nitrogen and oxygen atoms in total. The van der Waals surface area contributed by atoms with Crippen molar-refractivity contribution in [3.05, 3.63) is 36.7 Å². The highest BCUT2D eigenvalue weighted by Crippen LogP contribution is 2.45.